The molecule has 2 unspecified atom stereocenters. The first-order chi connectivity index (χ1) is 9.17. The van der Waals surface area contributed by atoms with Gasteiger partial charge in [0.15, 0.2) is 0 Å². The topological polar surface area (TPSA) is 76.9 Å². The molecule has 1 aliphatic rings. The van der Waals surface area contributed by atoms with Crippen LogP contribution in [0.2, 0.25) is 0 Å². The Labute approximate surface area is 114 Å². The van der Waals surface area contributed by atoms with Crippen molar-refractivity contribution < 1.29 is 4.74 Å². The molecule has 0 saturated heterocycles. The van der Waals surface area contributed by atoms with Gasteiger partial charge in [0.25, 0.3) is 0 Å². The van der Waals surface area contributed by atoms with Crippen molar-refractivity contribution in [2.45, 2.75) is 32.6 Å². The summed E-state index contributed by atoms with van der Waals surface area (Å²) in [4.78, 5) is 0. The lowest BCUT2D eigenvalue weighted by Crippen LogP contribution is -2.31. The van der Waals surface area contributed by atoms with Crippen LogP contribution in [0.1, 0.15) is 36.9 Å². The molecule has 0 amide bonds. The van der Waals surface area contributed by atoms with Gasteiger partial charge in [0.05, 0.1) is 12.3 Å². The average molecular weight is 262 g/mol. The van der Waals surface area contributed by atoms with E-state index in [4.69, 9.17) is 15.7 Å². The molecular formula is C14H22N4O. The molecule has 1 aromatic rings. The number of nitriles is 1. The maximum atomic E-state index is 9.14. The number of hydrogen-bond donors (Lipinski definition) is 1. The van der Waals surface area contributed by atoms with Gasteiger partial charge >= 0.3 is 0 Å². The van der Waals surface area contributed by atoms with Crippen LogP contribution in [0.4, 0.5) is 0 Å². The molecule has 0 aliphatic heterocycles. The summed E-state index contributed by atoms with van der Waals surface area (Å²) in [6.45, 7) is 3.19. The molecule has 1 aliphatic carbocycles. The zero-order valence-corrected chi connectivity index (χ0v) is 11.7. The van der Waals surface area contributed by atoms with Gasteiger partial charge in [-0.25, -0.2) is 4.68 Å². The highest BCUT2D eigenvalue weighted by Gasteiger charge is 2.25. The monoisotopic (exact) mass is 262 g/mol. The van der Waals surface area contributed by atoms with E-state index in [9.17, 15) is 0 Å². The van der Waals surface area contributed by atoms with Gasteiger partial charge in [-0.15, -0.1) is 0 Å². The van der Waals surface area contributed by atoms with Gasteiger partial charge in [-0.3, -0.25) is 0 Å². The molecule has 1 aromatic heterocycles. The first kappa shape index (κ1) is 13.9. The maximum absolute atomic E-state index is 9.14. The van der Waals surface area contributed by atoms with E-state index >= 15 is 0 Å². The molecule has 1 saturated carbocycles. The first-order valence-electron chi connectivity index (χ1n) is 6.94. The zero-order chi connectivity index (χ0) is 13.8. The van der Waals surface area contributed by atoms with Crippen molar-refractivity contribution >= 4 is 0 Å². The quantitative estimate of drug-likeness (QED) is 0.896. The zero-order valence-electron chi connectivity index (χ0n) is 11.7. The molecule has 2 atom stereocenters. The average Bonchev–Trinajstić information content (AvgIpc) is 2.70. The van der Waals surface area contributed by atoms with Crippen molar-refractivity contribution in [3.63, 3.8) is 0 Å². The molecule has 5 nitrogen and oxygen atoms in total. The molecular weight excluding hydrogens is 240 g/mol. The van der Waals surface area contributed by atoms with Crippen LogP contribution in [0.5, 0.6) is 5.88 Å². The van der Waals surface area contributed by atoms with Crippen molar-refractivity contribution in [3.05, 3.63) is 11.3 Å². The lowest BCUT2D eigenvalue weighted by molar-refractivity contribution is 0.145. The third kappa shape index (κ3) is 2.90. The second kappa shape index (κ2) is 6.07. The van der Waals surface area contributed by atoms with Crippen molar-refractivity contribution in [3.8, 4) is 11.9 Å². The van der Waals surface area contributed by atoms with Gasteiger partial charge in [0.2, 0.25) is 5.88 Å². The Morgan fingerprint density at radius 2 is 2.11 bits per heavy atom. The minimum absolute atomic E-state index is 0.500. The highest BCUT2D eigenvalue weighted by molar-refractivity contribution is 5.41. The van der Waals surface area contributed by atoms with Gasteiger partial charge in [-0.05, 0) is 38.1 Å². The van der Waals surface area contributed by atoms with E-state index in [1.54, 1.807) is 4.68 Å². The van der Waals surface area contributed by atoms with Crippen LogP contribution in [-0.2, 0) is 7.05 Å². The van der Waals surface area contributed by atoms with E-state index in [1.807, 2.05) is 14.0 Å². The fourth-order valence-electron chi connectivity index (χ4n) is 2.93. The van der Waals surface area contributed by atoms with Crippen LogP contribution in [0.15, 0.2) is 0 Å². The highest BCUT2D eigenvalue weighted by Crippen LogP contribution is 2.30. The summed E-state index contributed by atoms with van der Waals surface area (Å²) in [6.07, 6.45) is 4.88. The number of rotatable bonds is 4. The minimum atomic E-state index is 0.500. The third-order valence-electron chi connectivity index (χ3n) is 4.08. The van der Waals surface area contributed by atoms with Gasteiger partial charge in [-0.1, -0.05) is 12.8 Å². The second-order valence-electron chi connectivity index (χ2n) is 5.35. The molecule has 2 N–H and O–H groups in total. The van der Waals surface area contributed by atoms with Gasteiger partial charge < -0.3 is 10.5 Å². The lowest BCUT2D eigenvalue weighted by Gasteiger charge is -2.30. The SMILES string of the molecule is Cc1nn(C)c(OCC2CCCCC2CN)c1C#N. The fourth-order valence-corrected chi connectivity index (χ4v) is 2.93. The van der Waals surface area contributed by atoms with Crippen LogP contribution >= 0.6 is 0 Å². The number of hydrogen-bond acceptors (Lipinski definition) is 4. The van der Waals surface area contributed by atoms with E-state index in [-0.39, 0.29) is 0 Å². The van der Waals surface area contributed by atoms with Crippen LogP contribution in [0, 0.1) is 30.1 Å². The molecule has 2 rings (SSSR count). The normalized spacial score (nSPS) is 23.1. The van der Waals surface area contributed by atoms with Gasteiger partial charge in [-0.2, -0.15) is 10.4 Å². The fraction of sp³-hybridized carbons (Fsp3) is 0.714. The Morgan fingerprint density at radius 3 is 2.74 bits per heavy atom. The van der Waals surface area contributed by atoms with Crippen molar-refractivity contribution in [1.29, 1.82) is 5.26 Å². The molecule has 104 valence electrons. The Morgan fingerprint density at radius 1 is 1.42 bits per heavy atom. The van der Waals surface area contributed by atoms with E-state index in [0.29, 0.717) is 29.9 Å². The van der Waals surface area contributed by atoms with Crippen molar-refractivity contribution in [2.24, 2.45) is 24.6 Å². The van der Waals surface area contributed by atoms with E-state index in [0.717, 1.165) is 12.2 Å². The Kier molecular flexibility index (Phi) is 4.43. The van der Waals surface area contributed by atoms with Crippen molar-refractivity contribution in [1.82, 2.24) is 9.78 Å². The summed E-state index contributed by atoms with van der Waals surface area (Å²) in [6, 6.07) is 2.16. The minimum Gasteiger partial charge on any atom is -0.477 e. The van der Waals surface area contributed by atoms with Crippen LogP contribution in [0.25, 0.3) is 0 Å². The van der Waals surface area contributed by atoms with Crippen LogP contribution in [-0.4, -0.2) is 22.9 Å². The predicted octanol–water partition coefficient (Wildman–Crippen LogP) is 1.74. The first-order valence-corrected chi connectivity index (χ1v) is 6.94. The predicted molar refractivity (Wildman–Crippen MR) is 72.7 cm³/mol. The van der Waals surface area contributed by atoms with E-state index in [2.05, 4.69) is 11.2 Å². The Bertz CT molecular complexity index is 475. The molecule has 1 fully saturated rings. The second-order valence-corrected chi connectivity index (χ2v) is 5.35. The molecule has 0 aromatic carbocycles. The molecule has 1 heterocycles. The molecule has 19 heavy (non-hydrogen) atoms. The molecule has 5 heteroatoms. The van der Waals surface area contributed by atoms with Crippen LogP contribution < -0.4 is 10.5 Å². The van der Waals surface area contributed by atoms with E-state index in [1.165, 1.54) is 25.7 Å². The van der Waals surface area contributed by atoms with Crippen molar-refractivity contribution in [2.75, 3.05) is 13.2 Å². The summed E-state index contributed by atoms with van der Waals surface area (Å²) in [5.41, 5.74) is 7.09. The summed E-state index contributed by atoms with van der Waals surface area (Å²) < 4.78 is 7.52. The summed E-state index contributed by atoms with van der Waals surface area (Å²) in [7, 11) is 1.81. The molecule has 0 bridgehead atoms. The van der Waals surface area contributed by atoms with Gasteiger partial charge in [0.1, 0.15) is 11.6 Å². The summed E-state index contributed by atoms with van der Waals surface area (Å²) >= 11 is 0. The van der Waals surface area contributed by atoms with E-state index < -0.39 is 0 Å². The van der Waals surface area contributed by atoms with Gasteiger partial charge in [0, 0.05) is 7.05 Å². The highest BCUT2D eigenvalue weighted by atomic mass is 16.5. The standard InChI is InChI=1S/C14H22N4O/c1-10-13(8-16)14(18(2)17-10)19-9-12-6-4-3-5-11(12)7-15/h11-12H,3-7,9,15H2,1-2H3. The lowest BCUT2D eigenvalue weighted by atomic mass is 9.80. The number of aromatic nitrogens is 2. The summed E-state index contributed by atoms with van der Waals surface area (Å²) in [5, 5.41) is 13.4. The smallest absolute Gasteiger partial charge is 0.230 e. The molecule has 0 spiro atoms. The number of ether oxygens (including phenoxy) is 1. The van der Waals surface area contributed by atoms with Crippen LogP contribution in [0.3, 0.4) is 0 Å². The largest absolute Gasteiger partial charge is 0.477 e. The Hall–Kier alpha value is -1.54. The third-order valence-corrected chi connectivity index (χ3v) is 4.08. The number of nitrogens with zero attached hydrogens (tertiary/aromatic N) is 3. The number of aryl methyl sites for hydroxylation is 2. The number of nitrogens with two attached hydrogens (primary N) is 1. The molecule has 0 radical (unpaired) electrons. The maximum Gasteiger partial charge on any atom is 0.230 e. The Balaban J connectivity index is 2.04. The summed E-state index contributed by atoms with van der Waals surface area (Å²) in [5.74, 6) is 1.63.